The fourth-order valence-electron chi connectivity index (χ4n) is 1.62. The Bertz CT molecular complexity index is 722. The number of aliphatic hydroxyl groups excluding tert-OH is 2. The van der Waals surface area contributed by atoms with Gasteiger partial charge in [-0.05, 0) is 25.0 Å². The zero-order valence-electron chi connectivity index (χ0n) is 18.0. The first-order valence-electron chi connectivity index (χ1n) is 9.44. The minimum atomic E-state index is -1.23. The Hall–Kier alpha value is -4.04. The average molecular weight is 492 g/mol. The Morgan fingerprint density at radius 2 is 0.765 bits per heavy atom. The van der Waals surface area contributed by atoms with Crippen LogP contribution in [0.25, 0.3) is 0 Å². The zero-order chi connectivity index (χ0) is 27.1. The van der Waals surface area contributed by atoms with Gasteiger partial charge in [0.05, 0.1) is 37.2 Å². The summed E-state index contributed by atoms with van der Waals surface area (Å²) < 4.78 is 0. The molecule has 0 heterocycles. The lowest BCUT2D eigenvalue weighted by molar-refractivity contribution is -0.143. The molecule has 192 valence electrons. The first-order chi connectivity index (χ1) is 15.8. The SMILES string of the molecule is O=C(O)CCC(=O)O.O=C(O)CCCCC(=O)O.O=C(O)c1ccccc1C(=O)O.OCCO. The maximum absolute atomic E-state index is 10.5. The van der Waals surface area contributed by atoms with Crippen molar-refractivity contribution < 1.29 is 69.6 Å². The minimum absolute atomic E-state index is 0.0628. The molecule has 0 aliphatic heterocycles. The van der Waals surface area contributed by atoms with Crippen LogP contribution < -0.4 is 0 Å². The summed E-state index contributed by atoms with van der Waals surface area (Å²) in [6.07, 6.45) is 0.425. The molecule has 34 heavy (non-hydrogen) atoms. The van der Waals surface area contributed by atoms with E-state index in [9.17, 15) is 28.8 Å². The lowest BCUT2D eigenvalue weighted by Gasteiger charge is -1.98. The van der Waals surface area contributed by atoms with Gasteiger partial charge in [0.1, 0.15) is 0 Å². The van der Waals surface area contributed by atoms with Crippen molar-refractivity contribution in [1.29, 1.82) is 0 Å². The van der Waals surface area contributed by atoms with E-state index in [1.165, 1.54) is 24.3 Å². The van der Waals surface area contributed by atoms with E-state index in [1.54, 1.807) is 0 Å². The minimum Gasteiger partial charge on any atom is -0.481 e. The molecule has 0 unspecified atom stereocenters. The number of carbonyl (C=O) groups is 6. The monoisotopic (exact) mass is 492 g/mol. The van der Waals surface area contributed by atoms with E-state index >= 15 is 0 Å². The van der Waals surface area contributed by atoms with Crippen LogP contribution in [0.4, 0.5) is 0 Å². The number of benzene rings is 1. The van der Waals surface area contributed by atoms with Crippen LogP contribution in [-0.2, 0) is 19.2 Å². The van der Waals surface area contributed by atoms with Crippen molar-refractivity contribution in [3.63, 3.8) is 0 Å². The van der Waals surface area contributed by atoms with E-state index in [2.05, 4.69) is 0 Å². The number of hydrogen-bond acceptors (Lipinski definition) is 8. The van der Waals surface area contributed by atoms with Crippen molar-refractivity contribution in [2.24, 2.45) is 0 Å². The summed E-state index contributed by atoms with van der Waals surface area (Å²) in [7, 11) is 0. The normalized spacial score (nSPS) is 8.88. The van der Waals surface area contributed by atoms with Crippen molar-refractivity contribution in [2.75, 3.05) is 13.2 Å². The topological polar surface area (TPSA) is 264 Å². The molecule has 0 saturated heterocycles. The van der Waals surface area contributed by atoms with Crippen LogP contribution >= 0.6 is 0 Å². The highest BCUT2D eigenvalue weighted by Gasteiger charge is 2.13. The Balaban J connectivity index is -0.000000400. The molecule has 0 aliphatic carbocycles. The van der Waals surface area contributed by atoms with Crippen LogP contribution in [0.15, 0.2) is 24.3 Å². The van der Waals surface area contributed by atoms with Crippen LogP contribution in [0.3, 0.4) is 0 Å². The molecule has 1 rings (SSSR count). The molecule has 1 aromatic carbocycles. The molecular weight excluding hydrogens is 464 g/mol. The van der Waals surface area contributed by atoms with Gasteiger partial charge in [0, 0.05) is 12.8 Å². The molecule has 0 radical (unpaired) electrons. The van der Waals surface area contributed by atoms with Crippen molar-refractivity contribution in [1.82, 2.24) is 0 Å². The highest BCUT2D eigenvalue weighted by molar-refractivity contribution is 6.01. The Labute approximate surface area is 193 Å². The molecule has 0 atom stereocenters. The Kier molecular flexibility index (Phi) is 22.5. The van der Waals surface area contributed by atoms with Crippen molar-refractivity contribution >= 4 is 35.8 Å². The number of hydrogen-bond donors (Lipinski definition) is 8. The van der Waals surface area contributed by atoms with E-state index in [0.717, 1.165) is 0 Å². The molecule has 1 aromatic rings. The second-order valence-electron chi connectivity index (χ2n) is 5.89. The van der Waals surface area contributed by atoms with Gasteiger partial charge in [-0.2, -0.15) is 0 Å². The summed E-state index contributed by atoms with van der Waals surface area (Å²) in [6, 6.07) is 5.48. The van der Waals surface area contributed by atoms with Gasteiger partial charge in [-0.1, -0.05) is 12.1 Å². The van der Waals surface area contributed by atoms with E-state index < -0.39 is 35.8 Å². The lowest BCUT2D eigenvalue weighted by Crippen LogP contribution is -2.06. The van der Waals surface area contributed by atoms with Gasteiger partial charge in [-0.25, -0.2) is 9.59 Å². The summed E-state index contributed by atoms with van der Waals surface area (Å²) in [4.78, 5) is 60.0. The predicted molar refractivity (Wildman–Crippen MR) is 113 cm³/mol. The van der Waals surface area contributed by atoms with Crippen LogP contribution in [0.1, 0.15) is 59.2 Å². The summed E-state index contributed by atoms with van der Waals surface area (Å²) in [6.45, 7) is -0.250. The Morgan fingerprint density at radius 3 is 0.941 bits per heavy atom. The van der Waals surface area contributed by atoms with Gasteiger partial charge < -0.3 is 40.9 Å². The summed E-state index contributed by atoms with van der Waals surface area (Å²) in [5.74, 6) is -6.35. The largest absolute Gasteiger partial charge is 0.481 e. The van der Waals surface area contributed by atoms with E-state index in [0.29, 0.717) is 12.8 Å². The summed E-state index contributed by atoms with van der Waals surface area (Å²) in [5, 5.41) is 64.4. The lowest BCUT2D eigenvalue weighted by atomic mass is 10.1. The van der Waals surface area contributed by atoms with Gasteiger partial charge in [-0.3, -0.25) is 19.2 Å². The third kappa shape index (κ3) is 26.0. The maximum atomic E-state index is 10.5. The van der Waals surface area contributed by atoms with Crippen LogP contribution in [0.2, 0.25) is 0 Å². The fourth-order valence-corrected chi connectivity index (χ4v) is 1.62. The van der Waals surface area contributed by atoms with Gasteiger partial charge in [0.15, 0.2) is 0 Å². The number of carboxylic acid groups (broad SMARTS) is 6. The molecule has 0 spiro atoms. The van der Waals surface area contributed by atoms with E-state index in [-0.39, 0.29) is 50.0 Å². The molecule has 0 bridgehead atoms. The average Bonchev–Trinajstić information content (AvgIpc) is 2.76. The smallest absolute Gasteiger partial charge is 0.336 e. The van der Waals surface area contributed by atoms with Gasteiger partial charge in [0.2, 0.25) is 0 Å². The number of aliphatic hydroxyl groups is 2. The van der Waals surface area contributed by atoms with Crippen molar-refractivity contribution in [3.8, 4) is 0 Å². The molecular formula is C20H28O14. The standard InChI is InChI=1S/C8H6O4.C6H10O4.C4H6O4.C2H6O2/c9-7(10)5-3-1-2-4-6(5)8(11)12;7-5(8)3-1-2-4-6(9)10;5-3(6)1-2-4(7)8;3-1-2-4/h1-4H,(H,9,10)(H,11,12);1-4H2,(H,7,8)(H,9,10);1-2H2,(H,5,6)(H,7,8);3-4H,1-2H2. The number of aromatic carboxylic acids is 2. The second kappa shape index (κ2) is 22.2. The molecule has 14 nitrogen and oxygen atoms in total. The molecule has 0 aliphatic rings. The van der Waals surface area contributed by atoms with Gasteiger partial charge >= 0.3 is 35.8 Å². The van der Waals surface area contributed by atoms with Crippen molar-refractivity contribution in [2.45, 2.75) is 38.5 Å². The van der Waals surface area contributed by atoms with Crippen LogP contribution in [0.5, 0.6) is 0 Å². The molecule has 0 fully saturated rings. The van der Waals surface area contributed by atoms with E-state index in [4.69, 9.17) is 40.9 Å². The highest BCUT2D eigenvalue weighted by Crippen LogP contribution is 2.07. The van der Waals surface area contributed by atoms with E-state index in [1.807, 2.05) is 0 Å². The molecule has 0 aromatic heterocycles. The van der Waals surface area contributed by atoms with Crippen LogP contribution in [-0.4, -0.2) is 89.9 Å². The molecule has 14 heteroatoms. The third-order valence-electron chi connectivity index (χ3n) is 3.07. The van der Waals surface area contributed by atoms with Gasteiger partial charge in [0.25, 0.3) is 0 Å². The third-order valence-corrected chi connectivity index (χ3v) is 3.07. The predicted octanol–water partition coefficient (Wildman–Crippen LogP) is 0.706. The first-order valence-corrected chi connectivity index (χ1v) is 9.44. The fraction of sp³-hybridized carbons (Fsp3) is 0.400. The molecule has 8 N–H and O–H groups in total. The summed E-state index contributed by atoms with van der Waals surface area (Å²) in [5.41, 5.74) is -0.380. The summed E-state index contributed by atoms with van der Waals surface area (Å²) >= 11 is 0. The number of rotatable bonds is 11. The number of aliphatic carboxylic acids is 4. The quantitative estimate of drug-likeness (QED) is 0.198. The number of unbranched alkanes of at least 4 members (excludes halogenated alkanes) is 1. The maximum Gasteiger partial charge on any atom is 0.336 e. The highest BCUT2D eigenvalue weighted by atomic mass is 16.4. The molecule has 0 saturated carbocycles. The Morgan fingerprint density at radius 1 is 0.500 bits per heavy atom. The van der Waals surface area contributed by atoms with Crippen LogP contribution in [0, 0.1) is 0 Å². The van der Waals surface area contributed by atoms with Gasteiger partial charge in [-0.15, -0.1) is 0 Å². The van der Waals surface area contributed by atoms with Crippen molar-refractivity contribution in [3.05, 3.63) is 35.4 Å². The second-order valence-corrected chi connectivity index (χ2v) is 5.89. The number of carboxylic acids is 6. The zero-order valence-corrected chi connectivity index (χ0v) is 18.0. The molecule has 0 amide bonds. The first kappa shape index (κ1) is 34.6.